The number of allylic oxidation sites excluding steroid dienone is 1. The zero-order chi connectivity index (χ0) is 27.3. The summed E-state index contributed by atoms with van der Waals surface area (Å²) in [4.78, 5) is 48.8. The van der Waals surface area contributed by atoms with Crippen LogP contribution in [0.25, 0.3) is 5.57 Å². The van der Waals surface area contributed by atoms with Crippen molar-refractivity contribution >= 4 is 61.7 Å². The zero-order valence-electron chi connectivity index (χ0n) is 21.0. The Morgan fingerprint density at radius 1 is 1.10 bits per heavy atom. The van der Waals surface area contributed by atoms with E-state index in [0.717, 1.165) is 20.6 Å². The molecule has 4 heterocycles. The summed E-state index contributed by atoms with van der Waals surface area (Å²) in [5.41, 5.74) is 3.22. The van der Waals surface area contributed by atoms with Gasteiger partial charge in [-0.2, -0.15) is 0 Å². The number of thiazole rings is 1. The first-order chi connectivity index (χ1) is 18.9. The molecule has 1 atom stereocenters. The predicted octanol–water partition coefficient (Wildman–Crippen LogP) is 4.54. The van der Waals surface area contributed by atoms with E-state index in [4.69, 9.17) is 4.74 Å². The number of aromatic nitrogens is 1. The molecule has 4 aromatic rings. The average Bonchev–Trinajstić information content (AvgIpc) is 3.62. The van der Waals surface area contributed by atoms with Crippen molar-refractivity contribution in [2.24, 2.45) is 4.99 Å². The van der Waals surface area contributed by atoms with Crippen LogP contribution in [0.15, 0.2) is 91.6 Å². The first-order valence-electron chi connectivity index (χ1n) is 12.3. The molecule has 0 saturated carbocycles. The molecule has 2 aliphatic rings. The Hall–Kier alpha value is -3.60. The molecule has 6 rings (SSSR count). The molecule has 0 N–H and O–H groups in total. The summed E-state index contributed by atoms with van der Waals surface area (Å²) in [6.45, 7) is 4.08. The highest BCUT2D eigenvalue weighted by molar-refractivity contribution is 9.10. The molecule has 7 nitrogen and oxygen atoms in total. The van der Waals surface area contributed by atoms with Crippen molar-refractivity contribution in [2.75, 3.05) is 11.5 Å². The number of nitrogens with zero attached hydrogens (tertiary/aromatic N) is 3. The van der Waals surface area contributed by atoms with Crippen molar-refractivity contribution in [2.45, 2.75) is 26.4 Å². The summed E-state index contributed by atoms with van der Waals surface area (Å²) in [5, 5.41) is 1.90. The summed E-state index contributed by atoms with van der Waals surface area (Å²) in [6.07, 6.45) is 0. The maximum atomic E-state index is 14.2. The van der Waals surface area contributed by atoms with Gasteiger partial charge in [-0.3, -0.25) is 14.2 Å². The lowest BCUT2D eigenvalue weighted by Crippen LogP contribution is -2.40. The Bertz CT molecular complexity index is 1840. The molecule has 0 unspecified atom stereocenters. The number of amides is 1. The molecule has 0 spiro atoms. The SMILES string of the molecule is CCOC(=O)C1=C(C)N=c2s/c(=C3\C(=O)N(Cc4ccccc4)c4ccc(Br)cc43)c(=O)n2[C@H]1c1cccs1. The number of halogens is 1. The summed E-state index contributed by atoms with van der Waals surface area (Å²) in [5.74, 6) is -0.749. The fourth-order valence-corrected chi connectivity index (χ4v) is 7.33. The second-order valence-corrected chi connectivity index (χ2v) is 11.9. The van der Waals surface area contributed by atoms with Gasteiger partial charge in [0.2, 0.25) is 0 Å². The molecule has 0 bridgehead atoms. The van der Waals surface area contributed by atoms with Gasteiger partial charge in [-0.05, 0) is 49.1 Å². The minimum atomic E-state index is -0.687. The van der Waals surface area contributed by atoms with Crippen molar-refractivity contribution < 1.29 is 14.3 Å². The minimum absolute atomic E-state index is 0.207. The van der Waals surface area contributed by atoms with E-state index in [0.29, 0.717) is 38.3 Å². The molecule has 0 fully saturated rings. The summed E-state index contributed by atoms with van der Waals surface area (Å²) in [7, 11) is 0. The van der Waals surface area contributed by atoms with Crippen molar-refractivity contribution in [3.05, 3.63) is 117 Å². The maximum absolute atomic E-state index is 14.2. The van der Waals surface area contributed by atoms with Crippen LogP contribution in [0.4, 0.5) is 5.69 Å². The molecule has 39 heavy (non-hydrogen) atoms. The molecule has 2 aromatic heterocycles. The number of thiophene rings is 1. The molecule has 10 heteroatoms. The fourth-order valence-electron chi connectivity index (χ4n) is 5.00. The summed E-state index contributed by atoms with van der Waals surface area (Å²) >= 11 is 6.16. The largest absolute Gasteiger partial charge is 0.463 e. The third kappa shape index (κ3) is 4.32. The van der Waals surface area contributed by atoms with E-state index in [9.17, 15) is 14.4 Å². The van der Waals surface area contributed by atoms with Crippen molar-refractivity contribution in [3.8, 4) is 0 Å². The molecular formula is C29H22BrN3O4S2. The van der Waals surface area contributed by atoms with E-state index >= 15 is 0 Å². The number of fused-ring (bicyclic) bond motifs is 2. The van der Waals surface area contributed by atoms with Crippen LogP contribution in [-0.2, 0) is 20.9 Å². The Morgan fingerprint density at radius 3 is 2.62 bits per heavy atom. The number of ether oxygens (including phenoxy) is 1. The molecular weight excluding hydrogens is 598 g/mol. The summed E-state index contributed by atoms with van der Waals surface area (Å²) in [6, 6.07) is 18.5. The van der Waals surface area contributed by atoms with Gasteiger partial charge in [0.25, 0.3) is 11.5 Å². The number of anilines is 1. The molecule has 196 valence electrons. The smallest absolute Gasteiger partial charge is 0.338 e. The van der Waals surface area contributed by atoms with Crippen LogP contribution in [0, 0.1) is 0 Å². The number of esters is 1. The highest BCUT2D eigenvalue weighted by Crippen LogP contribution is 2.38. The number of benzene rings is 2. The van der Waals surface area contributed by atoms with Crippen LogP contribution < -0.4 is 19.8 Å². The average molecular weight is 621 g/mol. The third-order valence-electron chi connectivity index (χ3n) is 6.69. The lowest BCUT2D eigenvalue weighted by atomic mass is 10.0. The van der Waals surface area contributed by atoms with Crippen molar-refractivity contribution in [3.63, 3.8) is 0 Å². The second kappa shape index (κ2) is 10.2. The standard InChI is InChI=1S/C29H22BrN3O4S2/c1-3-37-28(36)22-16(2)31-29-33(24(22)21-10-7-13-38-21)27(35)25(39-29)23-19-14-18(30)11-12-20(19)32(26(23)34)15-17-8-5-4-6-9-17/h4-14,24H,3,15H2,1-2H3/b25-23-/t24-/m0/s1. The minimum Gasteiger partial charge on any atom is -0.463 e. The van der Waals surface area contributed by atoms with Crippen LogP contribution in [0.3, 0.4) is 0 Å². The topological polar surface area (TPSA) is 81.0 Å². The Kier molecular flexibility index (Phi) is 6.70. The van der Waals surface area contributed by atoms with E-state index < -0.39 is 12.0 Å². The number of hydrogen-bond donors (Lipinski definition) is 0. The van der Waals surface area contributed by atoms with Crippen LogP contribution in [-0.4, -0.2) is 23.1 Å². The van der Waals surface area contributed by atoms with Gasteiger partial charge < -0.3 is 9.64 Å². The number of carbonyl (C=O) groups excluding carboxylic acids is 2. The van der Waals surface area contributed by atoms with E-state index in [-0.39, 0.29) is 18.1 Å². The number of rotatable bonds is 5. The van der Waals surface area contributed by atoms with Crippen LogP contribution in [0.5, 0.6) is 0 Å². The molecule has 2 aromatic carbocycles. The molecule has 0 radical (unpaired) electrons. The van der Waals surface area contributed by atoms with Gasteiger partial charge in [0.15, 0.2) is 4.80 Å². The molecule has 2 aliphatic heterocycles. The lowest BCUT2D eigenvalue weighted by Gasteiger charge is -2.23. The molecule has 1 amide bonds. The lowest BCUT2D eigenvalue weighted by molar-refractivity contribution is -0.139. The van der Waals surface area contributed by atoms with Gasteiger partial charge >= 0.3 is 5.97 Å². The van der Waals surface area contributed by atoms with Crippen LogP contribution >= 0.6 is 38.6 Å². The third-order valence-corrected chi connectivity index (χ3v) is 9.17. The van der Waals surface area contributed by atoms with Gasteiger partial charge in [0.05, 0.1) is 35.7 Å². The first kappa shape index (κ1) is 25.7. The van der Waals surface area contributed by atoms with Gasteiger partial charge in [0.1, 0.15) is 10.6 Å². The van der Waals surface area contributed by atoms with Crippen LogP contribution in [0.2, 0.25) is 0 Å². The van der Waals surface area contributed by atoms with Crippen LogP contribution in [0.1, 0.15) is 35.9 Å². The fraction of sp³-hybridized carbons (Fsp3) is 0.172. The highest BCUT2D eigenvalue weighted by atomic mass is 79.9. The van der Waals surface area contributed by atoms with E-state index in [1.807, 2.05) is 66.0 Å². The van der Waals surface area contributed by atoms with Gasteiger partial charge in [-0.25, -0.2) is 9.79 Å². The highest BCUT2D eigenvalue weighted by Gasteiger charge is 2.37. The quantitative estimate of drug-likeness (QED) is 0.307. The predicted molar refractivity (Wildman–Crippen MR) is 155 cm³/mol. The van der Waals surface area contributed by atoms with Crippen molar-refractivity contribution in [1.82, 2.24) is 4.57 Å². The molecule has 0 aliphatic carbocycles. The Morgan fingerprint density at radius 2 is 1.90 bits per heavy atom. The normalized spacial score (nSPS) is 17.7. The van der Waals surface area contributed by atoms with Gasteiger partial charge in [-0.1, -0.05) is 63.7 Å². The summed E-state index contributed by atoms with van der Waals surface area (Å²) < 4.78 is 7.99. The number of hydrogen-bond acceptors (Lipinski definition) is 7. The van der Waals surface area contributed by atoms with Gasteiger partial charge in [0, 0.05) is 14.9 Å². The number of carbonyl (C=O) groups is 2. The van der Waals surface area contributed by atoms with E-state index in [2.05, 4.69) is 20.9 Å². The monoisotopic (exact) mass is 619 g/mol. The zero-order valence-corrected chi connectivity index (χ0v) is 24.2. The second-order valence-electron chi connectivity index (χ2n) is 9.05. The Labute approximate surface area is 240 Å². The Balaban J connectivity index is 1.59. The maximum Gasteiger partial charge on any atom is 0.338 e. The van der Waals surface area contributed by atoms with Crippen molar-refractivity contribution in [1.29, 1.82) is 0 Å². The van der Waals surface area contributed by atoms with E-state index in [1.54, 1.807) is 18.7 Å². The first-order valence-corrected chi connectivity index (χ1v) is 14.8. The van der Waals surface area contributed by atoms with E-state index in [1.165, 1.54) is 27.2 Å². The van der Waals surface area contributed by atoms with Gasteiger partial charge in [-0.15, -0.1) is 11.3 Å². The molecule has 0 saturated heterocycles.